The van der Waals surface area contributed by atoms with Crippen molar-refractivity contribution in [2.75, 3.05) is 11.1 Å². The molecule has 1 saturated heterocycles. The molecule has 0 aromatic heterocycles. The minimum absolute atomic E-state index is 0.174. The van der Waals surface area contributed by atoms with Crippen molar-refractivity contribution in [2.45, 2.75) is 24.8 Å². The SMILES string of the molecule is CCC1SCC(C(=O)O)N1C(=O)Nc1c(Cl)cccc1Cl. The fourth-order valence-electron chi connectivity index (χ4n) is 2.13. The number of rotatable bonds is 3. The Morgan fingerprint density at radius 2 is 2.05 bits per heavy atom. The minimum atomic E-state index is -1.01. The third-order valence-electron chi connectivity index (χ3n) is 3.16. The summed E-state index contributed by atoms with van der Waals surface area (Å²) in [6.45, 7) is 1.91. The van der Waals surface area contributed by atoms with E-state index in [1.807, 2.05) is 6.92 Å². The number of hydrogen-bond donors (Lipinski definition) is 2. The molecule has 0 spiro atoms. The monoisotopic (exact) mass is 348 g/mol. The molecule has 0 aliphatic carbocycles. The van der Waals surface area contributed by atoms with Crippen LogP contribution in [-0.2, 0) is 4.79 Å². The molecule has 1 aliphatic rings. The van der Waals surface area contributed by atoms with Crippen LogP contribution < -0.4 is 5.32 Å². The van der Waals surface area contributed by atoms with E-state index in [2.05, 4.69) is 5.32 Å². The van der Waals surface area contributed by atoms with Crippen molar-refractivity contribution >= 4 is 52.7 Å². The number of carboxylic acid groups (broad SMARTS) is 1. The fraction of sp³-hybridized carbons (Fsp3) is 0.385. The predicted octanol–water partition coefficient (Wildman–Crippen LogP) is 3.76. The van der Waals surface area contributed by atoms with E-state index in [1.54, 1.807) is 18.2 Å². The standard InChI is InChI=1S/C13H14Cl2N2O3S/c1-2-10-17(9(6-21-10)12(18)19)13(20)16-11-7(14)4-3-5-8(11)15/h3-5,9-10H,2,6H2,1H3,(H,16,20)(H,18,19). The topological polar surface area (TPSA) is 69.6 Å². The lowest BCUT2D eigenvalue weighted by atomic mass is 10.2. The summed E-state index contributed by atoms with van der Waals surface area (Å²) >= 11 is 13.5. The van der Waals surface area contributed by atoms with Crippen LogP contribution in [0.15, 0.2) is 18.2 Å². The molecule has 2 amide bonds. The Labute approximate surface area is 136 Å². The highest BCUT2D eigenvalue weighted by atomic mass is 35.5. The fourth-order valence-corrected chi connectivity index (χ4v) is 3.97. The van der Waals surface area contributed by atoms with E-state index < -0.39 is 18.0 Å². The molecular weight excluding hydrogens is 335 g/mol. The Kier molecular flexibility index (Phi) is 5.24. The molecule has 0 saturated carbocycles. The maximum atomic E-state index is 12.4. The zero-order chi connectivity index (χ0) is 15.6. The molecule has 1 fully saturated rings. The van der Waals surface area contributed by atoms with Crippen LogP contribution >= 0.6 is 35.0 Å². The number of carboxylic acids is 1. The number of aliphatic carboxylic acids is 1. The zero-order valence-electron chi connectivity index (χ0n) is 11.2. The van der Waals surface area contributed by atoms with Gasteiger partial charge < -0.3 is 10.4 Å². The summed E-state index contributed by atoms with van der Waals surface area (Å²) in [7, 11) is 0. The van der Waals surface area contributed by atoms with E-state index in [0.717, 1.165) is 0 Å². The van der Waals surface area contributed by atoms with Crippen LogP contribution in [0.3, 0.4) is 0 Å². The number of nitrogens with one attached hydrogen (secondary N) is 1. The van der Waals surface area contributed by atoms with Crippen LogP contribution in [0.4, 0.5) is 10.5 Å². The number of thioether (sulfide) groups is 1. The molecule has 114 valence electrons. The summed E-state index contributed by atoms with van der Waals surface area (Å²) < 4.78 is 0. The maximum absolute atomic E-state index is 12.4. The van der Waals surface area contributed by atoms with Gasteiger partial charge in [-0.05, 0) is 18.6 Å². The molecule has 0 radical (unpaired) electrons. The second-order valence-electron chi connectivity index (χ2n) is 4.48. The number of benzene rings is 1. The number of halogens is 2. The average Bonchev–Trinajstić information content (AvgIpc) is 2.87. The Morgan fingerprint density at radius 3 is 2.57 bits per heavy atom. The molecule has 2 rings (SSSR count). The summed E-state index contributed by atoms with van der Waals surface area (Å²) in [6.07, 6.45) is 0.665. The summed E-state index contributed by atoms with van der Waals surface area (Å²) in [6, 6.07) is 3.53. The Morgan fingerprint density at radius 1 is 1.43 bits per heavy atom. The molecule has 0 bridgehead atoms. The van der Waals surface area contributed by atoms with Gasteiger partial charge in [0, 0.05) is 5.75 Å². The van der Waals surface area contributed by atoms with Gasteiger partial charge in [-0.3, -0.25) is 4.90 Å². The molecule has 5 nitrogen and oxygen atoms in total. The summed E-state index contributed by atoms with van der Waals surface area (Å²) in [5.74, 6) is -0.642. The van der Waals surface area contributed by atoms with Gasteiger partial charge in [-0.25, -0.2) is 9.59 Å². The third-order valence-corrected chi connectivity index (χ3v) is 5.24. The van der Waals surface area contributed by atoms with E-state index in [-0.39, 0.29) is 5.37 Å². The van der Waals surface area contributed by atoms with Gasteiger partial charge in [-0.15, -0.1) is 11.8 Å². The number of nitrogens with zero attached hydrogens (tertiary/aromatic N) is 1. The quantitative estimate of drug-likeness (QED) is 0.872. The summed E-state index contributed by atoms with van der Waals surface area (Å²) in [4.78, 5) is 25.0. The van der Waals surface area contributed by atoms with Gasteiger partial charge in [-0.2, -0.15) is 0 Å². The van der Waals surface area contributed by atoms with Crippen molar-refractivity contribution in [3.05, 3.63) is 28.2 Å². The van der Waals surface area contributed by atoms with Crippen molar-refractivity contribution in [1.82, 2.24) is 4.90 Å². The highest BCUT2D eigenvalue weighted by Gasteiger charge is 2.41. The molecule has 1 heterocycles. The first-order valence-electron chi connectivity index (χ1n) is 6.33. The number of anilines is 1. The van der Waals surface area contributed by atoms with Gasteiger partial charge in [0.15, 0.2) is 0 Å². The van der Waals surface area contributed by atoms with Crippen molar-refractivity contribution < 1.29 is 14.7 Å². The first-order valence-corrected chi connectivity index (χ1v) is 8.14. The molecular formula is C13H14Cl2N2O3S. The number of urea groups is 1. The van der Waals surface area contributed by atoms with E-state index in [1.165, 1.54) is 16.7 Å². The number of carbonyl (C=O) groups excluding carboxylic acids is 1. The van der Waals surface area contributed by atoms with Crippen molar-refractivity contribution in [2.24, 2.45) is 0 Å². The van der Waals surface area contributed by atoms with E-state index in [9.17, 15) is 14.7 Å². The van der Waals surface area contributed by atoms with Crippen LogP contribution in [0.5, 0.6) is 0 Å². The number of carbonyl (C=O) groups is 2. The van der Waals surface area contributed by atoms with E-state index in [4.69, 9.17) is 23.2 Å². The Bertz CT molecular complexity index is 550. The molecule has 2 atom stereocenters. The highest BCUT2D eigenvalue weighted by Crippen LogP contribution is 2.34. The van der Waals surface area contributed by atoms with Crippen LogP contribution in [0.1, 0.15) is 13.3 Å². The largest absolute Gasteiger partial charge is 0.480 e. The summed E-state index contributed by atoms with van der Waals surface area (Å²) in [5, 5.41) is 12.3. The van der Waals surface area contributed by atoms with Gasteiger partial charge in [-0.1, -0.05) is 36.2 Å². The normalized spacial score (nSPS) is 21.4. The number of hydrogen-bond acceptors (Lipinski definition) is 3. The van der Waals surface area contributed by atoms with Crippen LogP contribution in [0.2, 0.25) is 10.0 Å². The minimum Gasteiger partial charge on any atom is -0.480 e. The van der Waals surface area contributed by atoms with Gasteiger partial charge in [0.2, 0.25) is 0 Å². The number of amides is 2. The first kappa shape index (κ1) is 16.3. The van der Waals surface area contributed by atoms with Gasteiger partial charge in [0.1, 0.15) is 6.04 Å². The van der Waals surface area contributed by atoms with Crippen molar-refractivity contribution in [3.8, 4) is 0 Å². The highest BCUT2D eigenvalue weighted by molar-refractivity contribution is 8.00. The molecule has 1 aliphatic heterocycles. The zero-order valence-corrected chi connectivity index (χ0v) is 13.5. The second kappa shape index (κ2) is 6.77. The first-order chi connectivity index (χ1) is 9.95. The molecule has 8 heteroatoms. The van der Waals surface area contributed by atoms with E-state index >= 15 is 0 Å². The van der Waals surface area contributed by atoms with E-state index in [0.29, 0.717) is 27.9 Å². The van der Waals surface area contributed by atoms with Gasteiger partial charge in [0.05, 0.1) is 21.1 Å². The van der Waals surface area contributed by atoms with Gasteiger partial charge in [0.25, 0.3) is 0 Å². The van der Waals surface area contributed by atoms with Crippen LogP contribution in [-0.4, -0.2) is 39.2 Å². The lowest BCUT2D eigenvalue weighted by Gasteiger charge is -2.27. The van der Waals surface area contributed by atoms with Crippen molar-refractivity contribution in [3.63, 3.8) is 0 Å². The Balaban J connectivity index is 2.23. The molecule has 2 unspecified atom stereocenters. The number of para-hydroxylation sites is 1. The lowest BCUT2D eigenvalue weighted by molar-refractivity contribution is -0.141. The molecule has 1 aromatic carbocycles. The predicted molar refractivity (Wildman–Crippen MR) is 85.3 cm³/mol. The van der Waals surface area contributed by atoms with Crippen molar-refractivity contribution in [1.29, 1.82) is 0 Å². The van der Waals surface area contributed by atoms with Crippen LogP contribution in [0, 0.1) is 0 Å². The molecule has 1 aromatic rings. The molecule has 21 heavy (non-hydrogen) atoms. The average molecular weight is 349 g/mol. The summed E-state index contributed by atoms with van der Waals surface area (Å²) in [5.41, 5.74) is 0.293. The smallest absolute Gasteiger partial charge is 0.327 e. The van der Waals surface area contributed by atoms with Gasteiger partial charge >= 0.3 is 12.0 Å². The molecule has 2 N–H and O–H groups in total. The van der Waals surface area contributed by atoms with Crippen LogP contribution in [0.25, 0.3) is 0 Å². The lowest BCUT2D eigenvalue weighted by Crippen LogP contribution is -2.47. The second-order valence-corrected chi connectivity index (χ2v) is 6.51. The maximum Gasteiger partial charge on any atom is 0.327 e. The Hall–Kier alpha value is -1.11. The third kappa shape index (κ3) is 3.39.